The topological polar surface area (TPSA) is 85.2 Å². The molecule has 3 rings (SSSR count). The lowest BCUT2D eigenvalue weighted by Crippen LogP contribution is -2.15. The number of hydrogen-bond donors (Lipinski definition) is 1. The highest BCUT2D eigenvalue weighted by Crippen LogP contribution is 2.26. The first-order chi connectivity index (χ1) is 11.6. The van der Waals surface area contributed by atoms with Crippen LogP contribution in [0.1, 0.15) is 32.5 Å². The quantitative estimate of drug-likeness (QED) is 0.472. The fourth-order valence-electron chi connectivity index (χ4n) is 2.33. The number of hydrogen-bond acceptors (Lipinski definition) is 5. The maximum absolute atomic E-state index is 12.3. The Hall–Kier alpha value is -1.97. The van der Waals surface area contributed by atoms with E-state index in [9.17, 15) is 4.79 Å². The molecule has 0 fully saturated rings. The fourth-order valence-corrected chi connectivity index (χ4v) is 2.78. The highest BCUT2D eigenvalue weighted by molar-refractivity contribution is 14.1. The highest BCUT2D eigenvalue weighted by Gasteiger charge is 2.15. The summed E-state index contributed by atoms with van der Waals surface area (Å²) in [5.74, 6) is 1.65. The van der Waals surface area contributed by atoms with Crippen LogP contribution in [-0.2, 0) is 6.42 Å². The molecule has 0 aliphatic rings. The summed E-state index contributed by atoms with van der Waals surface area (Å²) in [6.45, 7) is 4.66. The van der Waals surface area contributed by atoms with Crippen LogP contribution in [0.15, 0.2) is 23.3 Å². The third-order valence-electron chi connectivity index (χ3n) is 3.60. The summed E-state index contributed by atoms with van der Waals surface area (Å²) in [5, 5.41) is 4.54. The molecule has 0 aromatic carbocycles. The Morgan fingerprint density at radius 3 is 2.88 bits per heavy atom. The first-order valence-corrected chi connectivity index (χ1v) is 8.97. The van der Waals surface area contributed by atoms with Gasteiger partial charge in [0.15, 0.2) is 11.3 Å². The fraction of sp³-hybridized carbons (Fsp3) is 0.375. The lowest BCUT2D eigenvalue weighted by Gasteiger charge is -2.10. The van der Waals surface area contributed by atoms with Gasteiger partial charge in [0, 0.05) is 16.2 Å². The Balaban J connectivity index is 2.12. The van der Waals surface area contributed by atoms with E-state index in [1.807, 2.05) is 13.0 Å². The number of fused-ring (bicyclic) bond motifs is 1. The van der Waals surface area contributed by atoms with Crippen molar-refractivity contribution in [2.75, 3.05) is 6.61 Å². The van der Waals surface area contributed by atoms with Gasteiger partial charge in [0.25, 0.3) is 5.56 Å². The molecular formula is C16H18IN5O2. The maximum atomic E-state index is 12.3. The van der Waals surface area contributed by atoms with Crippen molar-refractivity contribution in [2.24, 2.45) is 0 Å². The molecule has 8 heteroatoms. The molecule has 3 aromatic rings. The summed E-state index contributed by atoms with van der Waals surface area (Å²) >= 11 is 2.18. The van der Waals surface area contributed by atoms with Crippen molar-refractivity contribution < 1.29 is 4.74 Å². The van der Waals surface area contributed by atoms with Crippen molar-refractivity contribution in [3.8, 4) is 17.3 Å². The molecule has 7 nitrogen and oxygen atoms in total. The van der Waals surface area contributed by atoms with Crippen LogP contribution >= 0.6 is 22.6 Å². The zero-order chi connectivity index (χ0) is 17.1. The van der Waals surface area contributed by atoms with Crippen LogP contribution in [0.5, 0.6) is 5.88 Å². The number of H-pyrrole nitrogens is 1. The number of imidazole rings is 1. The summed E-state index contributed by atoms with van der Waals surface area (Å²) in [5.41, 5.74) is 0.876. The van der Waals surface area contributed by atoms with E-state index in [4.69, 9.17) is 4.74 Å². The molecule has 0 bridgehead atoms. The van der Waals surface area contributed by atoms with E-state index in [2.05, 4.69) is 49.6 Å². The van der Waals surface area contributed by atoms with Crippen molar-refractivity contribution in [2.45, 2.75) is 33.1 Å². The number of aryl methyl sites for hydroxylation is 1. The number of unbranched alkanes of at least 4 members (excludes halogenated alkanes) is 1. The highest BCUT2D eigenvalue weighted by atomic mass is 127. The second kappa shape index (κ2) is 7.29. The summed E-state index contributed by atoms with van der Waals surface area (Å²) in [4.78, 5) is 23.7. The Labute approximate surface area is 152 Å². The molecule has 3 heterocycles. The van der Waals surface area contributed by atoms with Gasteiger partial charge in [0.1, 0.15) is 5.82 Å². The smallest absolute Gasteiger partial charge is 0.277 e. The summed E-state index contributed by atoms with van der Waals surface area (Å²) in [6.07, 6.45) is 5.94. The molecule has 24 heavy (non-hydrogen) atoms. The molecule has 0 saturated heterocycles. The number of ether oxygens (including phenoxy) is 1. The van der Waals surface area contributed by atoms with Gasteiger partial charge in [-0.15, -0.1) is 5.10 Å². The van der Waals surface area contributed by atoms with E-state index in [1.54, 1.807) is 16.9 Å². The minimum absolute atomic E-state index is 0.231. The third kappa shape index (κ3) is 3.28. The third-order valence-corrected chi connectivity index (χ3v) is 4.19. The normalized spacial score (nSPS) is 11.1. The van der Waals surface area contributed by atoms with E-state index in [-0.39, 0.29) is 5.56 Å². The molecule has 0 spiro atoms. The van der Waals surface area contributed by atoms with Crippen molar-refractivity contribution >= 4 is 28.1 Å². The maximum Gasteiger partial charge on any atom is 0.277 e. The van der Waals surface area contributed by atoms with Crippen molar-refractivity contribution in [1.29, 1.82) is 0 Å². The van der Waals surface area contributed by atoms with Crippen LogP contribution in [0.4, 0.5) is 0 Å². The zero-order valence-corrected chi connectivity index (χ0v) is 15.7. The molecule has 0 amide bonds. The first kappa shape index (κ1) is 16.9. The number of aromatic amines is 1. The second-order valence-electron chi connectivity index (χ2n) is 5.34. The predicted octanol–water partition coefficient (Wildman–Crippen LogP) is 2.83. The molecule has 0 atom stereocenters. The van der Waals surface area contributed by atoms with Crippen LogP contribution in [0.2, 0.25) is 0 Å². The molecular weight excluding hydrogens is 421 g/mol. The summed E-state index contributed by atoms with van der Waals surface area (Å²) < 4.78 is 8.30. The monoisotopic (exact) mass is 439 g/mol. The van der Waals surface area contributed by atoms with Crippen molar-refractivity contribution in [3.05, 3.63) is 38.2 Å². The van der Waals surface area contributed by atoms with E-state index < -0.39 is 0 Å². The summed E-state index contributed by atoms with van der Waals surface area (Å²) in [6, 6.07) is 1.90. The molecule has 0 unspecified atom stereocenters. The number of nitrogens with zero attached hydrogens (tertiary/aromatic N) is 4. The molecule has 3 aromatic heterocycles. The number of pyridine rings is 1. The van der Waals surface area contributed by atoms with Crippen LogP contribution in [0, 0.1) is 3.57 Å². The average Bonchev–Trinajstić information content (AvgIpc) is 3.00. The predicted molar refractivity (Wildman–Crippen MR) is 99.3 cm³/mol. The molecule has 126 valence electrons. The van der Waals surface area contributed by atoms with Crippen LogP contribution in [-0.4, -0.2) is 31.2 Å². The van der Waals surface area contributed by atoms with Crippen LogP contribution in [0.25, 0.3) is 16.9 Å². The van der Waals surface area contributed by atoms with E-state index in [0.29, 0.717) is 35.8 Å². The van der Waals surface area contributed by atoms with Gasteiger partial charge in [0.05, 0.1) is 18.4 Å². The van der Waals surface area contributed by atoms with Crippen molar-refractivity contribution in [3.63, 3.8) is 0 Å². The van der Waals surface area contributed by atoms with Crippen LogP contribution < -0.4 is 10.3 Å². The molecule has 0 radical (unpaired) electrons. The van der Waals surface area contributed by atoms with Gasteiger partial charge < -0.3 is 9.72 Å². The lowest BCUT2D eigenvalue weighted by atomic mass is 10.2. The van der Waals surface area contributed by atoms with Gasteiger partial charge in [-0.1, -0.05) is 20.3 Å². The van der Waals surface area contributed by atoms with E-state index in [1.165, 1.54) is 0 Å². The lowest BCUT2D eigenvalue weighted by molar-refractivity contribution is 0.299. The SMILES string of the molecule is CCCCOc1ncc(I)cc1-c1nn2c(CC)ncc2c(=O)[nH]1. The number of rotatable bonds is 6. The first-order valence-electron chi connectivity index (χ1n) is 7.89. The average molecular weight is 439 g/mol. The van der Waals surface area contributed by atoms with E-state index >= 15 is 0 Å². The second-order valence-corrected chi connectivity index (χ2v) is 6.58. The molecule has 0 saturated carbocycles. The van der Waals surface area contributed by atoms with Gasteiger partial charge in [-0.3, -0.25) is 4.79 Å². The van der Waals surface area contributed by atoms with Gasteiger partial charge in [0.2, 0.25) is 5.88 Å². The van der Waals surface area contributed by atoms with Gasteiger partial charge in [-0.25, -0.2) is 14.5 Å². The largest absolute Gasteiger partial charge is 0.477 e. The standard InChI is InChI=1S/C16H18IN5O2/c1-3-5-6-24-16-11(7-10(17)8-19-16)14-20-15(23)12-9-18-13(4-2)22(12)21-14/h7-9H,3-6H2,1-2H3,(H,20,21,23). The Morgan fingerprint density at radius 1 is 1.29 bits per heavy atom. The molecule has 0 aliphatic carbocycles. The number of nitrogens with one attached hydrogen (secondary N) is 1. The number of aromatic nitrogens is 5. The number of halogens is 1. The Bertz CT molecular complexity index is 918. The Morgan fingerprint density at radius 2 is 2.12 bits per heavy atom. The minimum Gasteiger partial charge on any atom is -0.477 e. The van der Waals surface area contributed by atoms with Gasteiger partial charge >= 0.3 is 0 Å². The summed E-state index contributed by atoms with van der Waals surface area (Å²) in [7, 11) is 0. The van der Waals surface area contributed by atoms with E-state index in [0.717, 1.165) is 22.2 Å². The van der Waals surface area contributed by atoms with Gasteiger partial charge in [-0.05, 0) is 35.1 Å². The minimum atomic E-state index is -0.231. The van der Waals surface area contributed by atoms with Crippen molar-refractivity contribution in [1.82, 2.24) is 24.6 Å². The van der Waals surface area contributed by atoms with Gasteiger partial charge in [-0.2, -0.15) is 0 Å². The molecule has 1 N–H and O–H groups in total. The zero-order valence-electron chi connectivity index (χ0n) is 13.5. The molecule has 0 aliphatic heterocycles. The van der Waals surface area contributed by atoms with Crippen LogP contribution in [0.3, 0.4) is 0 Å². The Kier molecular flexibility index (Phi) is 5.12.